The molecule has 2 aliphatic heterocycles. The molecule has 2 amide bonds. The Morgan fingerprint density at radius 2 is 1.75 bits per heavy atom. The van der Waals surface area contributed by atoms with Gasteiger partial charge in [0.05, 0.1) is 23.6 Å². The Bertz CT molecular complexity index is 1040. The summed E-state index contributed by atoms with van der Waals surface area (Å²) in [6.45, 7) is 8.09. The number of carbonyl (C=O) groups is 1. The number of fused-ring (bicyclic) bond motifs is 1. The fourth-order valence-corrected chi connectivity index (χ4v) is 6.13. The molecule has 0 radical (unpaired) electrons. The van der Waals surface area contributed by atoms with Crippen molar-refractivity contribution in [1.29, 1.82) is 0 Å². The molecule has 2 aromatic carbocycles. The van der Waals surface area contributed by atoms with E-state index in [-0.39, 0.29) is 29.6 Å². The maximum Gasteiger partial charge on any atom is 0.325 e. The fraction of sp³-hybridized carbons (Fsp3) is 0.318. The van der Waals surface area contributed by atoms with E-state index < -0.39 is 9.84 Å². The molecule has 0 unspecified atom stereocenters. The molecule has 0 N–H and O–H groups in total. The lowest BCUT2D eigenvalue weighted by Gasteiger charge is -2.24. The van der Waals surface area contributed by atoms with E-state index in [9.17, 15) is 13.2 Å². The molecule has 4 rings (SSSR count). The number of carbonyl (C=O) groups excluding carboxylic acids is 1. The van der Waals surface area contributed by atoms with E-state index in [1.807, 2.05) is 56.3 Å². The number of anilines is 1. The third-order valence-corrected chi connectivity index (χ3v) is 7.37. The highest BCUT2D eigenvalue weighted by atomic mass is 32.2. The van der Waals surface area contributed by atoms with E-state index in [1.54, 1.807) is 15.9 Å². The van der Waals surface area contributed by atoms with E-state index in [0.717, 1.165) is 27.9 Å². The molecule has 2 atom stereocenters. The minimum absolute atomic E-state index is 0.0166. The number of urea groups is 1. The summed E-state index contributed by atoms with van der Waals surface area (Å²) >= 11 is 0. The van der Waals surface area contributed by atoms with Gasteiger partial charge >= 0.3 is 6.03 Å². The van der Waals surface area contributed by atoms with Crippen LogP contribution in [-0.2, 0) is 16.4 Å². The van der Waals surface area contributed by atoms with Crippen LogP contribution >= 0.6 is 0 Å². The molecular weight excluding hydrogens is 372 g/mol. The van der Waals surface area contributed by atoms with E-state index in [1.165, 1.54) is 0 Å². The molecular formula is C22H24N2O3S. The number of hydrogen-bond acceptors (Lipinski definition) is 3. The summed E-state index contributed by atoms with van der Waals surface area (Å²) in [4.78, 5) is 16.8. The van der Waals surface area contributed by atoms with Crippen LogP contribution in [0, 0.1) is 13.8 Å². The summed E-state index contributed by atoms with van der Waals surface area (Å²) in [5.74, 6) is 0.0399. The summed E-state index contributed by atoms with van der Waals surface area (Å²) in [7, 11) is -3.18. The van der Waals surface area contributed by atoms with Gasteiger partial charge in [-0.3, -0.25) is 4.90 Å². The smallest absolute Gasteiger partial charge is 0.314 e. The van der Waals surface area contributed by atoms with Crippen LogP contribution in [0.4, 0.5) is 10.5 Å². The number of nitrogens with zero attached hydrogens (tertiary/aromatic N) is 2. The van der Waals surface area contributed by atoms with Gasteiger partial charge in [-0.25, -0.2) is 13.2 Å². The van der Waals surface area contributed by atoms with E-state index in [4.69, 9.17) is 0 Å². The number of sulfone groups is 1. The van der Waals surface area contributed by atoms with Gasteiger partial charge in [-0.05, 0) is 42.2 Å². The summed E-state index contributed by atoms with van der Waals surface area (Å²) < 4.78 is 24.8. The van der Waals surface area contributed by atoms with Crippen LogP contribution in [0.3, 0.4) is 0 Å². The Morgan fingerprint density at radius 1 is 1.07 bits per heavy atom. The molecule has 0 saturated carbocycles. The Kier molecular flexibility index (Phi) is 4.54. The molecule has 0 aromatic heterocycles. The van der Waals surface area contributed by atoms with Crippen molar-refractivity contribution < 1.29 is 13.2 Å². The normalized spacial score (nSPS) is 23.1. The van der Waals surface area contributed by atoms with E-state index >= 15 is 0 Å². The third-order valence-electron chi connectivity index (χ3n) is 5.67. The number of rotatable bonds is 4. The first-order valence-corrected chi connectivity index (χ1v) is 11.2. The average molecular weight is 397 g/mol. The Morgan fingerprint density at radius 3 is 2.43 bits per heavy atom. The summed E-state index contributed by atoms with van der Waals surface area (Å²) in [5.41, 5.74) is 4.81. The minimum atomic E-state index is -3.18. The second kappa shape index (κ2) is 6.78. The first-order chi connectivity index (χ1) is 13.3. The van der Waals surface area contributed by atoms with Gasteiger partial charge in [-0.15, -0.1) is 0 Å². The predicted molar refractivity (Wildman–Crippen MR) is 112 cm³/mol. The topological polar surface area (TPSA) is 57.7 Å². The minimum Gasteiger partial charge on any atom is -0.314 e. The molecule has 146 valence electrons. The summed E-state index contributed by atoms with van der Waals surface area (Å²) in [6, 6.07) is 13.0. The quantitative estimate of drug-likeness (QED) is 0.743. The lowest BCUT2D eigenvalue weighted by atomic mass is 10.1. The second-order valence-electron chi connectivity index (χ2n) is 7.73. The molecule has 0 bridgehead atoms. The van der Waals surface area contributed by atoms with Gasteiger partial charge in [0.15, 0.2) is 9.84 Å². The van der Waals surface area contributed by atoms with Crippen molar-refractivity contribution in [3.05, 3.63) is 71.3 Å². The third kappa shape index (κ3) is 3.22. The number of benzene rings is 2. The average Bonchev–Trinajstić information content (AvgIpc) is 3.09. The molecule has 2 aromatic rings. The highest BCUT2D eigenvalue weighted by molar-refractivity contribution is 7.91. The van der Waals surface area contributed by atoms with Crippen molar-refractivity contribution >= 4 is 27.6 Å². The van der Waals surface area contributed by atoms with Crippen molar-refractivity contribution in [2.75, 3.05) is 16.4 Å². The van der Waals surface area contributed by atoms with Gasteiger partial charge in [-0.1, -0.05) is 49.1 Å². The molecule has 28 heavy (non-hydrogen) atoms. The molecule has 5 nitrogen and oxygen atoms in total. The van der Waals surface area contributed by atoms with Crippen molar-refractivity contribution in [1.82, 2.24) is 4.90 Å². The van der Waals surface area contributed by atoms with Crippen LogP contribution in [0.2, 0.25) is 0 Å². The van der Waals surface area contributed by atoms with Gasteiger partial charge in [0.1, 0.15) is 0 Å². The SMILES string of the molecule is C=Cc1ccc(CN2C(=O)N(c3cc(C)ccc3C)[C@H]3CS(=O)(=O)C[C@H]32)cc1. The molecule has 2 saturated heterocycles. The van der Waals surface area contributed by atoms with E-state index in [0.29, 0.717) is 6.54 Å². The Hall–Kier alpha value is -2.60. The molecule has 0 spiro atoms. The van der Waals surface area contributed by atoms with Gasteiger partial charge in [0, 0.05) is 12.2 Å². The van der Waals surface area contributed by atoms with Gasteiger partial charge in [0.25, 0.3) is 0 Å². The highest BCUT2D eigenvalue weighted by Gasteiger charge is 2.54. The maximum atomic E-state index is 13.4. The lowest BCUT2D eigenvalue weighted by Crippen LogP contribution is -2.38. The van der Waals surface area contributed by atoms with Gasteiger partial charge in [0.2, 0.25) is 0 Å². The molecule has 6 heteroatoms. The predicted octanol–water partition coefficient (Wildman–Crippen LogP) is 3.55. The Labute approximate surface area is 166 Å². The fourth-order valence-electron chi connectivity index (χ4n) is 4.18. The van der Waals surface area contributed by atoms with Crippen LogP contribution < -0.4 is 4.90 Å². The zero-order chi connectivity index (χ0) is 20.1. The summed E-state index contributed by atoms with van der Waals surface area (Å²) in [5, 5.41) is 0. The van der Waals surface area contributed by atoms with Gasteiger partial charge in [-0.2, -0.15) is 0 Å². The number of amides is 2. The van der Waals surface area contributed by atoms with Crippen molar-refractivity contribution in [3.8, 4) is 0 Å². The molecule has 0 aliphatic carbocycles. The number of aryl methyl sites for hydroxylation is 2. The first kappa shape index (κ1) is 18.7. The molecule has 2 heterocycles. The second-order valence-corrected chi connectivity index (χ2v) is 9.88. The molecule has 2 aliphatic rings. The number of hydrogen-bond donors (Lipinski definition) is 0. The zero-order valence-electron chi connectivity index (χ0n) is 16.1. The van der Waals surface area contributed by atoms with Crippen molar-refractivity contribution in [3.63, 3.8) is 0 Å². The highest BCUT2D eigenvalue weighted by Crippen LogP contribution is 2.37. The monoisotopic (exact) mass is 396 g/mol. The van der Waals surface area contributed by atoms with E-state index in [2.05, 4.69) is 6.58 Å². The van der Waals surface area contributed by atoms with Crippen LogP contribution in [0.1, 0.15) is 22.3 Å². The van der Waals surface area contributed by atoms with Crippen LogP contribution in [0.15, 0.2) is 49.0 Å². The molecule has 2 fully saturated rings. The van der Waals surface area contributed by atoms with Crippen LogP contribution in [0.25, 0.3) is 6.08 Å². The Balaban J connectivity index is 1.72. The first-order valence-electron chi connectivity index (χ1n) is 9.38. The van der Waals surface area contributed by atoms with Crippen molar-refractivity contribution in [2.45, 2.75) is 32.5 Å². The summed E-state index contributed by atoms with van der Waals surface area (Å²) in [6.07, 6.45) is 1.77. The van der Waals surface area contributed by atoms with Gasteiger partial charge < -0.3 is 4.90 Å². The van der Waals surface area contributed by atoms with Crippen LogP contribution in [0.5, 0.6) is 0 Å². The van der Waals surface area contributed by atoms with Crippen molar-refractivity contribution in [2.24, 2.45) is 0 Å². The largest absolute Gasteiger partial charge is 0.325 e. The lowest BCUT2D eigenvalue weighted by molar-refractivity contribution is 0.206. The van der Waals surface area contributed by atoms with Crippen LogP contribution in [-0.4, -0.2) is 42.9 Å². The standard InChI is InChI=1S/C22H24N2O3S/c1-4-17-7-9-18(10-8-17)12-23-20-13-28(26,27)14-21(20)24(22(23)25)19-11-15(2)5-6-16(19)3/h4-11,20-21H,1,12-14H2,2-3H3/t20-,21+/m1/s1. The zero-order valence-corrected chi connectivity index (χ0v) is 16.9. The maximum absolute atomic E-state index is 13.4.